The van der Waals surface area contributed by atoms with Gasteiger partial charge in [0.2, 0.25) is 5.91 Å². The van der Waals surface area contributed by atoms with Gasteiger partial charge >= 0.3 is 0 Å². The summed E-state index contributed by atoms with van der Waals surface area (Å²) in [5, 5.41) is 6.23. The van der Waals surface area contributed by atoms with Gasteiger partial charge in [0, 0.05) is 18.8 Å². The zero-order valence-corrected chi connectivity index (χ0v) is 14.8. The summed E-state index contributed by atoms with van der Waals surface area (Å²) in [6.07, 6.45) is 7.65. The van der Waals surface area contributed by atoms with E-state index in [4.69, 9.17) is 5.73 Å². The number of nitrogens with two attached hydrogens (primary N) is 1. The summed E-state index contributed by atoms with van der Waals surface area (Å²) in [6.45, 7) is 11.4. The number of amides is 1. The molecule has 22 heavy (non-hydrogen) atoms. The molecule has 0 aliphatic heterocycles. The third kappa shape index (κ3) is 8.91. The number of hydrogen-bond acceptors (Lipinski definition) is 3. The van der Waals surface area contributed by atoms with Gasteiger partial charge in [0.1, 0.15) is 0 Å². The zero-order valence-electron chi connectivity index (χ0n) is 14.8. The molecule has 0 bridgehead atoms. The highest BCUT2D eigenvalue weighted by Crippen LogP contribution is 2.19. The van der Waals surface area contributed by atoms with Crippen molar-refractivity contribution in [3.8, 4) is 0 Å². The number of carbonyl (C=O) groups excluding carboxylic acids is 1. The Bertz CT molecular complexity index is 351. The van der Waals surface area contributed by atoms with Crippen molar-refractivity contribution in [2.75, 3.05) is 13.1 Å². The topological polar surface area (TPSA) is 67.1 Å². The highest BCUT2D eigenvalue weighted by molar-refractivity contribution is 5.85. The highest BCUT2D eigenvalue weighted by Gasteiger charge is 2.32. The quantitative estimate of drug-likeness (QED) is 0.361. The van der Waals surface area contributed by atoms with Gasteiger partial charge in [-0.1, -0.05) is 46.1 Å². The van der Waals surface area contributed by atoms with Crippen LogP contribution in [0.4, 0.5) is 0 Å². The van der Waals surface area contributed by atoms with Crippen LogP contribution in [0.3, 0.4) is 0 Å². The Balaban J connectivity index is 4.08. The van der Waals surface area contributed by atoms with Crippen LogP contribution < -0.4 is 16.4 Å². The monoisotopic (exact) mass is 309 g/mol. The van der Waals surface area contributed by atoms with E-state index in [1.54, 1.807) is 0 Å². The Morgan fingerprint density at radius 1 is 1.05 bits per heavy atom. The molecule has 0 aromatic rings. The van der Waals surface area contributed by atoms with E-state index in [2.05, 4.69) is 36.8 Å². The number of nitrogens with one attached hydrogen (secondary N) is 2. The predicted octanol–water partition coefficient (Wildman–Crippen LogP) is 3.24. The molecule has 0 fully saturated rings. The fourth-order valence-corrected chi connectivity index (χ4v) is 2.30. The minimum Gasteiger partial charge on any atom is -0.382 e. The van der Waals surface area contributed by atoms with Gasteiger partial charge in [0.25, 0.3) is 0 Å². The van der Waals surface area contributed by atoms with Crippen LogP contribution >= 0.6 is 0 Å². The Kier molecular flexibility index (Phi) is 11.6. The molecule has 4 heteroatoms. The second-order valence-electron chi connectivity index (χ2n) is 6.05. The van der Waals surface area contributed by atoms with E-state index in [0.717, 1.165) is 63.6 Å². The lowest BCUT2D eigenvalue weighted by atomic mass is 9.87. The van der Waals surface area contributed by atoms with Gasteiger partial charge in [0.15, 0.2) is 0 Å². The van der Waals surface area contributed by atoms with Gasteiger partial charge in [-0.05, 0) is 32.6 Å². The van der Waals surface area contributed by atoms with Gasteiger partial charge in [0.05, 0.1) is 5.54 Å². The largest absolute Gasteiger partial charge is 0.382 e. The Morgan fingerprint density at radius 2 is 1.55 bits per heavy atom. The van der Waals surface area contributed by atoms with Gasteiger partial charge in [-0.3, -0.25) is 4.79 Å². The van der Waals surface area contributed by atoms with Crippen molar-refractivity contribution in [2.45, 2.75) is 77.7 Å². The minimum atomic E-state index is -0.688. The first-order valence-electron chi connectivity index (χ1n) is 8.67. The first-order valence-corrected chi connectivity index (χ1v) is 8.67. The molecule has 128 valence electrons. The van der Waals surface area contributed by atoms with E-state index >= 15 is 0 Å². The van der Waals surface area contributed by atoms with Crippen molar-refractivity contribution in [1.82, 2.24) is 10.6 Å². The molecule has 0 saturated heterocycles. The molecule has 1 amide bonds. The maximum atomic E-state index is 12.4. The number of allylic oxidation sites excluding steroid dienone is 1. The fourth-order valence-electron chi connectivity index (χ4n) is 2.30. The van der Waals surface area contributed by atoms with Crippen LogP contribution in [-0.2, 0) is 4.79 Å². The van der Waals surface area contributed by atoms with Crippen LogP contribution in [0, 0.1) is 0 Å². The van der Waals surface area contributed by atoms with E-state index < -0.39 is 5.54 Å². The smallest absolute Gasteiger partial charge is 0.240 e. The molecule has 0 rings (SSSR count). The summed E-state index contributed by atoms with van der Waals surface area (Å²) < 4.78 is 0. The molecular weight excluding hydrogens is 274 g/mol. The van der Waals surface area contributed by atoms with E-state index in [-0.39, 0.29) is 5.91 Å². The second-order valence-corrected chi connectivity index (χ2v) is 6.05. The molecule has 0 saturated carbocycles. The molecule has 4 N–H and O–H groups in total. The van der Waals surface area contributed by atoms with Gasteiger partial charge in [-0.25, -0.2) is 0 Å². The Morgan fingerprint density at radius 3 is 2.00 bits per heavy atom. The number of hydrogen-bond donors (Lipinski definition) is 3. The molecular formula is C18H35N3O. The molecule has 0 atom stereocenters. The van der Waals surface area contributed by atoms with Crippen LogP contribution in [0.5, 0.6) is 0 Å². The lowest BCUT2D eigenvalue weighted by Gasteiger charge is -2.28. The fraction of sp³-hybridized carbons (Fsp3) is 0.778. The molecule has 0 spiro atoms. The number of unbranched alkanes of at least 4 members (excludes halogenated alkanes) is 3. The lowest BCUT2D eigenvalue weighted by Crippen LogP contribution is -2.54. The summed E-state index contributed by atoms with van der Waals surface area (Å²) >= 11 is 0. The van der Waals surface area contributed by atoms with Crippen LogP contribution in [0.25, 0.3) is 0 Å². The van der Waals surface area contributed by atoms with E-state index in [1.165, 1.54) is 0 Å². The van der Waals surface area contributed by atoms with Crippen molar-refractivity contribution < 1.29 is 4.79 Å². The third-order valence-corrected chi connectivity index (χ3v) is 3.95. The van der Waals surface area contributed by atoms with Gasteiger partial charge in [-0.2, -0.15) is 0 Å². The first kappa shape index (κ1) is 20.8. The maximum Gasteiger partial charge on any atom is 0.240 e. The van der Waals surface area contributed by atoms with Crippen LogP contribution in [0.2, 0.25) is 0 Å². The van der Waals surface area contributed by atoms with Crippen molar-refractivity contribution in [1.29, 1.82) is 0 Å². The first-order chi connectivity index (χ1) is 10.5. The molecule has 0 heterocycles. The molecule has 0 radical (unpaired) electrons. The Hall–Kier alpha value is -1.25. The molecule has 0 unspecified atom stereocenters. The maximum absolute atomic E-state index is 12.4. The van der Waals surface area contributed by atoms with Crippen molar-refractivity contribution in [3.63, 3.8) is 0 Å². The van der Waals surface area contributed by atoms with Crippen LogP contribution in [0.15, 0.2) is 18.0 Å². The standard InChI is InChI=1S/C18H35N3O/c1-5-8-12-18(19,13-9-6-2)17(22)21-15-11-10-14-20-16(4)7-3/h20H,3,5-6,8-15,19H2,1-2,4H3,(H,21,22). The molecule has 0 aliphatic rings. The zero-order chi connectivity index (χ0) is 16.8. The number of rotatable bonds is 13. The van der Waals surface area contributed by atoms with Crippen LogP contribution in [-0.4, -0.2) is 24.5 Å². The van der Waals surface area contributed by atoms with Gasteiger partial charge < -0.3 is 16.4 Å². The summed E-state index contributed by atoms with van der Waals surface area (Å²) in [4.78, 5) is 12.4. The van der Waals surface area contributed by atoms with E-state index in [1.807, 2.05) is 6.92 Å². The van der Waals surface area contributed by atoms with Crippen molar-refractivity contribution >= 4 is 5.91 Å². The predicted molar refractivity (Wildman–Crippen MR) is 94.5 cm³/mol. The minimum absolute atomic E-state index is 0.0181. The molecule has 0 aromatic carbocycles. The average Bonchev–Trinajstić information content (AvgIpc) is 2.53. The number of carbonyl (C=O) groups is 1. The van der Waals surface area contributed by atoms with Crippen molar-refractivity contribution in [3.05, 3.63) is 18.0 Å². The summed E-state index contributed by atoms with van der Waals surface area (Å²) in [5.74, 6) is 0.0181. The van der Waals surface area contributed by atoms with Crippen molar-refractivity contribution in [2.24, 2.45) is 5.73 Å². The summed E-state index contributed by atoms with van der Waals surface area (Å²) in [6, 6.07) is 0. The molecule has 0 aromatic heterocycles. The third-order valence-electron chi connectivity index (χ3n) is 3.95. The molecule has 4 nitrogen and oxygen atoms in total. The highest BCUT2D eigenvalue weighted by atomic mass is 16.2. The Labute approximate surface area is 136 Å². The lowest BCUT2D eigenvalue weighted by molar-refractivity contribution is -0.127. The summed E-state index contributed by atoms with van der Waals surface area (Å²) in [5.41, 5.74) is 9.45. The van der Waals surface area contributed by atoms with Crippen LogP contribution in [0.1, 0.15) is 72.1 Å². The summed E-state index contributed by atoms with van der Waals surface area (Å²) in [7, 11) is 0. The van der Waals surface area contributed by atoms with E-state index in [9.17, 15) is 4.79 Å². The van der Waals surface area contributed by atoms with E-state index in [0.29, 0.717) is 6.54 Å². The molecule has 0 aliphatic carbocycles. The average molecular weight is 309 g/mol. The SMILES string of the molecule is C=C=C(C)NCCCCNC(=O)C(N)(CCCC)CCCC. The normalized spacial score (nSPS) is 10.9. The van der Waals surface area contributed by atoms with Gasteiger partial charge in [-0.15, -0.1) is 5.73 Å². The second kappa shape index (κ2) is 12.3.